The van der Waals surface area contributed by atoms with Crippen LogP contribution in [0.5, 0.6) is 11.5 Å². The van der Waals surface area contributed by atoms with Crippen molar-refractivity contribution in [2.45, 2.75) is 0 Å². The van der Waals surface area contributed by atoms with E-state index < -0.39 is 0 Å². The second-order valence-corrected chi connectivity index (χ2v) is 3.78. The quantitative estimate of drug-likeness (QED) is 0.662. The first-order valence-electron chi connectivity index (χ1n) is 5.59. The lowest BCUT2D eigenvalue weighted by molar-refractivity contribution is -0.476. The van der Waals surface area contributed by atoms with Gasteiger partial charge in [0.25, 0.3) is 5.69 Å². The van der Waals surface area contributed by atoms with Gasteiger partial charge in [-0.3, -0.25) is 0 Å². The van der Waals surface area contributed by atoms with E-state index in [1.165, 1.54) is 0 Å². The number of ether oxygens (including phenoxy) is 1. The molecule has 0 radical (unpaired) electrons. The van der Waals surface area contributed by atoms with Crippen molar-refractivity contribution in [2.24, 2.45) is 5.11 Å². The predicted molar refractivity (Wildman–Crippen MR) is 69.0 cm³/mol. The molecular weight excluding hydrogens is 228 g/mol. The van der Waals surface area contributed by atoms with Crippen molar-refractivity contribution >= 4 is 11.4 Å². The number of nitrogens with zero attached hydrogens (tertiary/aromatic N) is 2. The molecule has 2 rings (SSSR count). The van der Waals surface area contributed by atoms with Gasteiger partial charge in [-0.15, -0.1) is 0 Å². The molecule has 4 nitrogen and oxygen atoms in total. The Morgan fingerprint density at radius 3 is 2.44 bits per heavy atom. The summed E-state index contributed by atoms with van der Waals surface area (Å²) in [4.78, 5) is 0. The van der Waals surface area contributed by atoms with Gasteiger partial charge in [-0.05, 0) is 18.2 Å². The molecule has 0 saturated heterocycles. The Hall–Kier alpha value is -2.36. The van der Waals surface area contributed by atoms with Gasteiger partial charge in [0.15, 0.2) is 18.5 Å². The molecule has 2 aromatic carbocycles. The zero-order chi connectivity index (χ0) is 13.0. The molecule has 2 aromatic rings. The first-order chi connectivity index (χ1) is 8.72. The molecule has 0 heterocycles. The maximum Gasteiger partial charge on any atom is 0.273 e. The Morgan fingerprint density at radius 1 is 1.06 bits per heavy atom. The summed E-state index contributed by atoms with van der Waals surface area (Å²) < 4.78 is 6.94. The highest BCUT2D eigenvalue weighted by Crippen LogP contribution is 2.30. The van der Waals surface area contributed by atoms with Gasteiger partial charge < -0.3 is 9.84 Å². The number of rotatable bonds is 3. The maximum atomic E-state index is 9.68. The molecule has 0 amide bonds. The fourth-order valence-electron chi connectivity index (χ4n) is 1.66. The van der Waals surface area contributed by atoms with E-state index >= 15 is 0 Å². The van der Waals surface area contributed by atoms with Crippen molar-refractivity contribution < 1.29 is 14.5 Å². The molecule has 0 atom stereocenters. The molecule has 0 fully saturated rings. The number of azo groups is 2. The monoisotopic (exact) mass is 243 g/mol. The number of hydrogen-bond donors (Lipinski definition) is 1. The fourth-order valence-corrected chi connectivity index (χ4v) is 1.66. The lowest BCUT2D eigenvalue weighted by Gasteiger charge is -2.02. The molecule has 0 saturated carbocycles. The fraction of sp³-hybridized carbons (Fsp3) is 0.143. The molecule has 0 aliphatic rings. The van der Waals surface area contributed by atoms with Crippen LogP contribution in [-0.2, 0) is 0 Å². The highest BCUT2D eigenvalue weighted by molar-refractivity contribution is 5.50. The second-order valence-electron chi connectivity index (χ2n) is 3.78. The predicted octanol–water partition coefficient (Wildman–Crippen LogP) is 3.46. The summed E-state index contributed by atoms with van der Waals surface area (Å²) in [6, 6.07) is 14.5. The van der Waals surface area contributed by atoms with Crippen LogP contribution < -0.4 is 4.74 Å². The van der Waals surface area contributed by atoms with Gasteiger partial charge in [0.1, 0.15) is 5.75 Å². The molecule has 0 aromatic heterocycles. The summed E-state index contributed by atoms with van der Waals surface area (Å²) in [5, 5.41) is 14.0. The molecule has 4 heteroatoms. The minimum atomic E-state index is 0.152. The zero-order valence-corrected chi connectivity index (χ0v) is 10.4. The first kappa shape index (κ1) is 12.1. The number of para-hydroxylation sites is 3. The Bertz CT molecular complexity index is 580. The van der Waals surface area contributed by atoms with Gasteiger partial charge in [0, 0.05) is 11.2 Å². The van der Waals surface area contributed by atoms with E-state index in [0.717, 1.165) is 11.4 Å². The summed E-state index contributed by atoms with van der Waals surface area (Å²) >= 11 is 0. The molecule has 0 aliphatic heterocycles. The topological polar surface area (TPSA) is 44.8 Å². The SMILES string of the molecule is COc1ccccc1[N+](C)=Nc1ccccc1O. The highest BCUT2D eigenvalue weighted by atomic mass is 16.5. The van der Waals surface area contributed by atoms with Crippen molar-refractivity contribution in [1.29, 1.82) is 0 Å². The summed E-state index contributed by atoms with van der Waals surface area (Å²) in [5.74, 6) is 0.887. The van der Waals surface area contributed by atoms with Gasteiger partial charge in [0.2, 0.25) is 0 Å². The van der Waals surface area contributed by atoms with E-state index in [4.69, 9.17) is 4.74 Å². The largest absolute Gasteiger partial charge is 0.505 e. The van der Waals surface area contributed by atoms with Crippen LogP contribution in [0.3, 0.4) is 0 Å². The number of benzene rings is 2. The average Bonchev–Trinajstić information content (AvgIpc) is 2.41. The van der Waals surface area contributed by atoms with E-state index in [9.17, 15) is 5.11 Å². The van der Waals surface area contributed by atoms with Crippen LogP contribution in [0.25, 0.3) is 0 Å². The van der Waals surface area contributed by atoms with E-state index in [0.29, 0.717) is 5.69 Å². The van der Waals surface area contributed by atoms with Crippen molar-refractivity contribution in [3.05, 3.63) is 48.5 Å². The summed E-state index contributed by atoms with van der Waals surface area (Å²) in [6.45, 7) is 0. The van der Waals surface area contributed by atoms with Crippen molar-refractivity contribution in [3.8, 4) is 11.5 Å². The van der Waals surface area contributed by atoms with Crippen molar-refractivity contribution in [1.82, 2.24) is 0 Å². The van der Waals surface area contributed by atoms with Crippen LogP contribution in [-0.4, -0.2) is 24.0 Å². The number of phenolic OH excluding ortho intramolecular Hbond substituents is 1. The van der Waals surface area contributed by atoms with E-state index in [1.54, 1.807) is 30.0 Å². The van der Waals surface area contributed by atoms with E-state index in [2.05, 4.69) is 5.11 Å². The van der Waals surface area contributed by atoms with Crippen LogP contribution in [0.15, 0.2) is 53.6 Å². The summed E-state index contributed by atoms with van der Waals surface area (Å²) in [5.41, 5.74) is 1.36. The Labute approximate surface area is 106 Å². The Kier molecular flexibility index (Phi) is 3.57. The van der Waals surface area contributed by atoms with Gasteiger partial charge in [-0.2, -0.15) is 0 Å². The summed E-state index contributed by atoms with van der Waals surface area (Å²) in [7, 11) is 3.43. The minimum Gasteiger partial charge on any atom is -0.505 e. The summed E-state index contributed by atoms with van der Waals surface area (Å²) in [6.07, 6.45) is 0. The molecule has 0 aliphatic carbocycles. The van der Waals surface area contributed by atoms with Crippen LogP contribution >= 0.6 is 0 Å². The van der Waals surface area contributed by atoms with E-state index in [-0.39, 0.29) is 5.75 Å². The average molecular weight is 243 g/mol. The Balaban J connectivity index is 2.42. The molecule has 18 heavy (non-hydrogen) atoms. The highest BCUT2D eigenvalue weighted by Gasteiger charge is 2.13. The smallest absolute Gasteiger partial charge is 0.273 e. The van der Waals surface area contributed by atoms with Gasteiger partial charge in [-0.1, -0.05) is 29.0 Å². The first-order valence-corrected chi connectivity index (χ1v) is 5.59. The lowest BCUT2D eigenvalue weighted by Crippen LogP contribution is -1.96. The minimum absolute atomic E-state index is 0.152. The molecule has 0 bridgehead atoms. The number of phenols is 1. The van der Waals surface area contributed by atoms with Gasteiger partial charge >= 0.3 is 0 Å². The standard InChI is InChI=1S/C14H14N2O2/c1-16(12-8-4-6-10-14(12)18-2)15-11-7-3-5-9-13(11)17/h3-10H,1-2H3/p+1. The second kappa shape index (κ2) is 5.31. The van der Waals surface area contributed by atoms with Crippen LogP contribution in [0.2, 0.25) is 0 Å². The zero-order valence-electron chi connectivity index (χ0n) is 10.4. The number of hydrogen-bond acceptors (Lipinski definition) is 3. The molecule has 92 valence electrons. The van der Waals surface area contributed by atoms with E-state index in [1.807, 2.05) is 37.4 Å². The lowest BCUT2D eigenvalue weighted by atomic mass is 10.3. The molecule has 0 spiro atoms. The normalized spacial score (nSPS) is 11.3. The molecular formula is C14H15N2O2+. The van der Waals surface area contributed by atoms with Gasteiger partial charge in [0.05, 0.1) is 7.11 Å². The maximum absolute atomic E-state index is 9.68. The molecule has 0 unspecified atom stereocenters. The van der Waals surface area contributed by atoms with Crippen molar-refractivity contribution in [2.75, 3.05) is 14.2 Å². The van der Waals surface area contributed by atoms with Crippen LogP contribution in [0, 0.1) is 0 Å². The molecule has 1 N–H and O–H groups in total. The van der Waals surface area contributed by atoms with Crippen LogP contribution in [0.4, 0.5) is 11.4 Å². The third-order valence-electron chi connectivity index (χ3n) is 2.57. The van der Waals surface area contributed by atoms with Crippen molar-refractivity contribution in [3.63, 3.8) is 0 Å². The van der Waals surface area contributed by atoms with Crippen LogP contribution in [0.1, 0.15) is 0 Å². The number of methoxy groups -OCH3 is 1. The third-order valence-corrected chi connectivity index (χ3v) is 2.57. The third kappa shape index (κ3) is 2.48. The number of aromatic hydroxyl groups is 1. The Morgan fingerprint density at radius 2 is 1.72 bits per heavy atom. The van der Waals surface area contributed by atoms with Gasteiger partial charge in [-0.25, -0.2) is 0 Å².